The largest absolute Gasteiger partial charge is 0.338 e. The first kappa shape index (κ1) is 22.3. The van der Waals surface area contributed by atoms with E-state index in [4.69, 9.17) is 16.7 Å². The lowest BCUT2D eigenvalue weighted by Gasteiger charge is -2.58. The molecule has 0 radical (unpaired) electrons. The van der Waals surface area contributed by atoms with Crippen LogP contribution >= 0.6 is 11.6 Å². The van der Waals surface area contributed by atoms with Crippen LogP contribution in [0.15, 0.2) is 55.4 Å². The lowest BCUT2D eigenvalue weighted by Crippen LogP contribution is -2.63. The van der Waals surface area contributed by atoms with Gasteiger partial charge in [-0.25, -0.2) is 0 Å². The van der Waals surface area contributed by atoms with Gasteiger partial charge in [0.15, 0.2) is 0 Å². The van der Waals surface area contributed by atoms with Crippen LogP contribution in [-0.2, 0) is 11.8 Å². The number of aromatic amines is 1. The summed E-state index contributed by atoms with van der Waals surface area (Å²) in [6.45, 7) is 7.20. The number of carbonyl (C=O) groups excluding carboxylic acids is 1. The van der Waals surface area contributed by atoms with Gasteiger partial charge in [-0.3, -0.25) is 19.3 Å². The van der Waals surface area contributed by atoms with E-state index in [0.29, 0.717) is 5.02 Å². The smallest absolute Gasteiger partial charge is 0.245 e. The first-order valence-corrected chi connectivity index (χ1v) is 12.8. The summed E-state index contributed by atoms with van der Waals surface area (Å²) in [5, 5.41) is 19.6. The molecule has 0 bridgehead atoms. The average Bonchev–Trinajstić information content (AvgIpc) is 3.53. The van der Waals surface area contributed by atoms with Crippen molar-refractivity contribution in [2.45, 2.75) is 25.8 Å². The number of benzene rings is 2. The molecule has 2 fully saturated rings. The van der Waals surface area contributed by atoms with Gasteiger partial charge in [0.1, 0.15) is 5.69 Å². The quantitative estimate of drug-likeness (QED) is 0.332. The van der Waals surface area contributed by atoms with Crippen molar-refractivity contribution >= 4 is 39.3 Å². The fourth-order valence-electron chi connectivity index (χ4n) is 6.21. The van der Waals surface area contributed by atoms with Gasteiger partial charge in [0.25, 0.3) is 0 Å². The van der Waals surface area contributed by atoms with Crippen LogP contribution in [-0.4, -0.2) is 53.7 Å². The fraction of sp³-hybridized carbons (Fsp3) is 0.286. The second-order valence-corrected chi connectivity index (χ2v) is 11.0. The molecule has 2 aliphatic rings. The molecule has 1 saturated carbocycles. The molecule has 0 atom stereocenters. The van der Waals surface area contributed by atoms with Crippen LogP contribution in [0.4, 0.5) is 0 Å². The number of fused-ring (bicyclic) bond motifs is 2. The van der Waals surface area contributed by atoms with Crippen molar-refractivity contribution in [1.29, 1.82) is 0 Å². The minimum Gasteiger partial charge on any atom is -0.338 e. The number of nitrogens with zero attached hydrogens (tertiary/aromatic N) is 6. The maximum absolute atomic E-state index is 12.0. The second-order valence-electron chi connectivity index (χ2n) is 10.6. The van der Waals surface area contributed by atoms with Crippen molar-refractivity contribution in [3.63, 3.8) is 0 Å². The van der Waals surface area contributed by atoms with Gasteiger partial charge in [0.05, 0.1) is 34.5 Å². The first-order valence-electron chi connectivity index (χ1n) is 12.4. The Labute approximate surface area is 218 Å². The third kappa shape index (κ3) is 3.28. The molecule has 1 saturated heterocycles. The number of aromatic nitrogens is 6. The molecule has 5 aromatic rings. The van der Waals surface area contributed by atoms with Gasteiger partial charge >= 0.3 is 0 Å². The van der Waals surface area contributed by atoms with E-state index in [9.17, 15) is 4.79 Å². The number of halogens is 1. The van der Waals surface area contributed by atoms with E-state index in [1.807, 2.05) is 42.0 Å². The van der Waals surface area contributed by atoms with E-state index in [0.717, 1.165) is 75.8 Å². The highest BCUT2D eigenvalue weighted by atomic mass is 35.5. The van der Waals surface area contributed by atoms with E-state index < -0.39 is 0 Å². The predicted octanol–water partition coefficient (Wildman–Crippen LogP) is 5.29. The Morgan fingerprint density at radius 2 is 1.97 bits per heavy atom. The SMILES string of the molecule is C=CC(=O)N1CC2(CC(n3nc(-c4ccc5c(cnn5C)c4)c4cc(-c5cn[nH]c5C)c(Cl)cc43)C2)C1. The van der Waals surface area contributed by atoms with Crippen LogP contribution in [0.2, 0.25) is 5.02 Å². The van der Waals surface area contributed by atoms with Crippen LogP contribution in [0.5, 0.6) is 0 Å². The van der Waals surface area contributed by atoms with Crippen molar-refractivity contribution in [3.8, 4) is 22.4 Å². The van der Waals surface area contributed by atoms with Crippen molar-refractivity contribution in [1.82, 2.24) is 34.7 Å². The molecule has 1 amide bonds. The number of H-pyrrole nitrogens is 1. The molecule has 1 spiro atoms. The summed E-state index contributed by atoms with van der Waals surface area (Å²) in [5.74, 6) is 0.0144. The molecule has 7 rings (SSSR count). The molecular weight excluding hydrogens is 486 g/mol. The number of aryl methyl sites for hydroxylation is 2. The normalized spacial score (nSPS) is 16.9. The van der Waals surface area contributed by atoms with Crippen molar-refractivity contribution < 1.29 is 4.79 Å². The summed E-state index contributed by atoms with van der Waals surface area (Å²) < 4.78 is 4.03. The summed E-state index contributed by atoms with van der Waals surface area (Å²) in [6.07, 6.45) is 7.09. The zero-order chi connectivity index (χ0) is 25.5. The topological polar surface area (TPSA) is 84.6 Å². The third-order valence-electron chi connectivity index (χ3n) is 8.16. The Bertz CT molecular complexity index is 1730. The van der Waals surface area contributed by atoms with Crippen LogP contribution < -0.4 is 0 Å². The Kier molecular flexibility index (Phi) is 4.70. The number of rotatable bonds is 4. The van der Waals surface area contributed by atoms with E-state index in [1.54, 1.807) is 0 Å². The van der Waals surface area contributed by atoms with E-state index in [1.165, 1.54) is 6.08 Å². The summed E-state index contributed by atoms with van der Waals surface area (Å²) in [7, 11) is 1.95. The maximum atomic E-state index is 12.0. The van der Waals surface area contributed by atoms with E-state index >= 15 is 0 Å². The Hall–Kier alpha value is -3.91. The molecule has 2 aromatic carbocycles. The van der Waals surface area contributed by atoms with Gasteiger partial charge < -0.3 is 4.90 Å². The van der Waals surface area contributed by atoms with Gasteiger partial charge in [-0.1, -0.05) is 24.2 Å². The number of likely N-dealkylation sites (tertiary alicyclic amines) is 1. The minimum absolute atomic E-state index is 0.0144. The molecular formula is C28H26ClN7O. The molecule has 9 heteroatoms. The highest BCUT2D eigenvalue weighted by Crippen LogP contribution is 2.55. The maximum Gasteiger partial charge on any atom is 0.245 e. The lowest BCUT2D eigenvalue weighted by atomic mass is 9.60. The lowest BCUT2D eigenvalue weighted by molar-refractivity contribution is -0.148. The van der Waals surface area contributed by atoms with Crippen LogP contribution in [0.1, 0.15) is 24.6 Å². The minimum atomic E-state index is 0.0144. The molecule has 37 heavy (non-hydrogen) atoms. The predicted molar refractivity (Wildman–Crippen MR) is 144 cm³/mol. The number of amides is 1. The van der Waals surface area contributed by atoms with Gasteiger partial charge in [0, 0.05) is 58.7 Å². The zero-order valence-corrected chi connectivity index (χ0v) is 21.5. The summed E-state index contributed by atoms with van der Waals surface area (Å²) in [5.41, 5.74) is 7.15. The van der Waals surface area contributed by atoms with Crippen LogP contribution in [0.3, 0.4) is 0 Å². The van der Waals surface area contributed by atoms with Crippen LogP contribution in [0, 0.1) is 12.3 Å². The monoisotopic (exact) mass is 511 g/mol. The van der Waals surface area contributed by atoms with Gasteiger partial charge in [-0.15, -0.1) is 0 Å². The molecule has 1 aliphatic heterocycles. The average molecular weight is 512 g/mol. The van der Waals surface area contributed by atoms with Crippen molar-refractivity contribution in [2.75, 3.05) is 13.1 Å². The van der Waals surface area contributed by atoms with E-state index in [2.05, 4.69) is 50.8 Å². The van der Waals surface area contributed by atoms with Crippen LogP contribution in [0.25, 0.3) is 44.2 Å². The number of nitrogens with one attached hydrogen (secondary N) is 1. The Morgan fingerprint density at radius 3 is 2.70 bits per heavy atom. The molecule has 1 N–H and O–H groups in total. The highest BCUT2D eigenvalue weighted by molar-refractivity contribution is 6.34. The summed E-state index contributed by atoms with van der Waals surface area (Å²) >= 11 is 6.86. The van der Waals surface area contributed by atoms with Crippen molar-refractivity contribution in [3.05, 3.63) is 66.1 Å². The summed E-state index contributed by atoms with van der Waals surface area (Å²) in [6, 6.07) is 10.8. The van der Waals surface area contributed by atoms with Crippen molar-refractivity contribution in [2.24, 2.45) is 12.5 Å². The molecule has 186 valence electrons. The Morgan fingerprint density at radius 1 is 1.16 bits per heavy atom. The second kappa shape index (κ2) is 7.79. The Balaban J connectivity index is 1.33. The molecule has 4 heterocycles. The third-order valence-corrected chi connectivity index (χ3v) is 8.47. The van der Waals surface area contributed by atoms with Gasteiger partial charge in [-0.05, 0) is 50.1 Å². The number of carbonyl (C=O) groups is 1. The van der Waals surface area contributed by atoms with Gasteiger partial charge in [-0.2, -0.15) is 15.3 Å². The number of hydrogen-bond donors (Lipinski definition) is 1. The highest BCUT2D eigenvalue weighted by Gasteiger charge is 2.54. The fourth-order valence-corrected chi connectivity index (χ4v) is 6.47. The molecule has 3 aromatic heterocycles. The zero-order valence-electron chi connectivity index (χ0n) is 20.7. The van der Waals surface area contributed by atoms with Gasteiger partial charge in [0.2, 0.25) is 5.91 Å². The van der Waals surface area contributed by atoms with E-state index in [-0.39, 0.29) is 17.4 Å². The number of hydrogen-bond acceptors (Lipinski definition) is 4. The standard InChI is InChI=1S/C28H26ClN7O/c1-4-26(37)35-14-28(15-35)10-19(11-28)36-25-9-23(29)20(22-13-30-32-16(22)2)8-21(25)27(33-36)17-5-6-24-18(7-17)12-31-34(24)3/h4-9,12-13,19H,1,10-11,14-15H2,2-3H3,(H,30,32). The summed E-state index contributed by atoms with van der Waals surface area (Å²) in [4.78, 5) is 13.8. The first-order chi connectivity index (χ1) is 17.9. The molecule has 0 unspecified atom stereocenters. The molecule has 8 nitrogen and oxygen atoms in total. The molecule has 1 aliphatic carbocycles.